The summed E-state index contributed by atoms with van der Waals surface area (Å²) in [6.45, 7) is 7.44. The van der Waals surface area contributed by atoms with Crippen molar-refractivity contribution in [2.24, 2.45) is 11.8 Å². The van der Waals surface area contributed by atoms with E-state index in [1.54, 1.807) is 0 Å². The molecule has 2 atom stereocenters. The number of piperazine rings is 1. The van der Waals surface area contributed by atoms with Crippen molar-refractivity contribution in [3.05, 3.63) is 16.0 Å². The van der Waals surface area contributed by atoms with Gasteiger partial charge in [0.05, 0.1) is 25.3 Å². The van der Waals surface area contributed by atoms with Gasteiger partial charge in [0.2, 0.25) is 11.8 Å². The zero-order valence-corrected chi connectivity index (χ0v) is 17.8. The number of ether oxygens (including phenoxy) is 1. The van der Waals surface area contributed by atoms with Crippen molar-refractivity contribution in [3.8, 4) is 0 Å². The van der Waals surface area contributed by atoms with Crippen LogP contribution in [0.2, 0.25) is 0 Å². The summed E-state index contributed by atoms with van der Waals surface area (Å²) in [6, 6.07) is -0.322. The Bertz CT molecular complexity index is 774. The number of thiophene rings is 1. The topological polar surface area (TPSA) is 87.7 Å². The van der Waals surface area contributed by atoms with Crippen LogP contribution in [0.5, 0.6) is 0 Å². The van der Waals surface area contributed by atoms with Crippen molar-refractivity contribution in [1.82, 2.24) is 10.2 Å². The lowest BCUT2D eigenvalue weighted by atomic mass is 9.88. The van der Waals surface area contributed by atoms with E-state index in [1.807, 2.05) is 18.7 Å². The molecule has 0 bridgehead atoms. The summed E-state index contributed by atoms with van der Waals surface area (Å²) in [4.78, 5) is 40.4. The summed E-state index contributed by atoms with van der Waals surface area (Å²) < 4.78 is 4.98. The van der Waals surface area contributed by atoms with E-state index < -0.39 is 5.97 Å². The molecule has 1 aromatic rings. The van der Waals surface area contributed by atoms with Crippen LogP contribution in [0.4, 0.5) is 5.00 Å². The van der Waals surface area contributed by atoms with Gasteiger partial charge in [0.15, 0.2) is 0 Å². The normalized spacial score (nSPS) is 22.5. The van der Waals surface area contributed by atoms with E-state index in [-0.39, 0.29) is 30.3 Å². The predicted molar refractivity (Wildman–Crippen MR) is 109 cm³/mol. The standard InChI is InChI=1S/C20H29N3O4S/c1-11(2)17-18(25)21-7-8-23(17)10-15(24)22-19-16(20(26)27-4)13-6-5-12(3)9-14(13)28-19/h11-12,17H,5-10H2,1-4H3,(H,21,25)(H,22,24). The molecule has 1 aliphatic heterocycles. The van der Waals surface area contributed by atoms with Gasteiger partial charge in [-0.1, -0.05) is 20.8 Å². The molecule has 0 radical (unpaired) electrons. The van der Waals surface area contributed by atoms with Crippen LogP contribution in [0.1, 0.15) is 48.0 Å². The van der Waals surface area contributed by atoms with Crippen molar-refractivity contribution in [1.29, 1.82) is 0 Å². The van der Waals surface area contributed by atoms with Crippen molar-refractivity contribution in [2.75, 3.05) is 32.1 Å². The Kier molecular flexibility index (Phi) is 6.40. The highest BCUT2D eigenvalue weighted by molar-refractivity contribution is 7.17. The number of fused-ring (bicyclic) bond motifs is 1. The van der Waals surface area contributed by atoms with Gasteiger partial charge in [-0.25, -0.2) is 4.79 Å². The summed E-state index contributed by atoms with van der Waals surface area (Å²) in [5.41, 5.74) is 1.52. The number of anilines is 1. The lowest BCUT2D eigenvalue weighted by Gasteiger charge is -2.36. The largest absolute Gasteiger partial charge is 0.465 e. The van der Waals surface area contributed by atoms with Crippen LogP contribution in [0.25, 0.3) is 0 Å². The average Bonchev–Trinajstić information content (AvgIpc) is 2.97. The van der Waals surface area contributed by atoms with Crippen LogP contribution in [0.3, 0.4) is 0 Å². The Morgan fingerprint density at radius 2 is 2.14 bits per heavy atom. The van der Waals surface area contributed by atoms with Crippen LogP contribution in [-0.2, 0) is 27.2 Å². The molecule has 2 N–H and O–H groups in total. The second kappa shape index (κ2) is 8.61. The monoisotopic (exact) mass is 407 g/mol. The summed E-state index contributed by atoms with van der Waals surface area (Å²) in [7, 11) is 1.36. The van der Waals surface area contributed by atoms with Gasteiger partial charge in [-0.15, -0.1) is 11.3 Å². The molecule has 7 nitrogen and oxygen atoms in total. The number of nitrogens with zero attached hydrogens (tertiary/aromatic N) is 1. The van der Waals surface area contributed by atoms with E-state index in [0.717, 1.165) is 29.7 Å². The first-order chi connectivity index (χ1) is 13.3. The van der Waals surface area contributed by atoms with Gasteiger partial charge in [0, 0.05) is 18.0 Å². The average molecular weight is 408 g/mol. The number of esters is 1. The van der Waals surface area contributed by atoms with Crippen molar-refractivity contribution in [3.63, 3.8) is 0 Å². The molecule has 2 unspecified atom stereocenters. The quantitative estimate of drug-likeness (QED) is 0.730. The minimum atomic E-state index is -0.403. The molecule has 1 aromatic heterocycles. The van der Waals surface area contributed by atoms with Gasteiger partial charge in [-0.05, 0) is 36.7 Å². The lowest BCUT2D eigenvalue weighted by molar-refractivity contribution is -0.132. The molecule has 2 amide bonds. The zero-order chi connectivity index (χ0) is 20.4. The fourth-order valence-electron chi connectivity index (χ4n) is 4.14. The van der Waals surface area contributed by atoms with Crippen molar-refractivity contribution >= 4 is 34.1 Å². The highest BCUT2D eigenvalue weighted by atomic mass is 32.1. The summed E-state index contributed by atoms with van der Waals surface area (Å²) >= 11 is 1.48. The molecular formula is C20H29N3O4S. The van der Waals surface area contributed by atoms with Gasteiger partial charge in [0.25, 0.3) is 0 Å². The molecule has 1 aliphatic carbocycles. The summed E-state index contributed by atoms with van der Waals surface area (Å²) in [6.07, 6.45) is 2.77. The first-order valence-electron chi connectivity index (χ1n) is 9.86. The second-order valence-electron chi connectivity index (χ2n) is 8.05. The minimum Gasteiger partial charge on any atom is -0.465 e. The van der Waals surface area contributed by atoms with Gasteiger partial charge in [-0.2, -0.15) is 0 Å². The van der Waals surface area contributed by atoms with Crippen LogP contribution >= 0.6 is 11.3 Å². The molecule has 0 spiro atoms. The number of carbonyl (C=O) groups is 3. The van der Waals surface area contributed by atoms with Gasteiger partial charge < -0.3 is 15.4 Å². The fourth-order valence-corrected chi connectivity index (χ4v) is 5.56. The third-order valence-electron chi connectivity index (χ3n) is 5.49. The molecule has 1 fully saturated rings. The SMILES string of the molecule is COC(=O)c1c(NC(=O)CN2CCNC(=O)C2C(C)C)sc2c1CCC(C)C2. The maximum absolute atomic E-state index is 12.8. The Morgan fingerprint density at radius 3 is 2.82 bits per heavy atom. The van der Waals surface area contributed by atoms with E-state index in [9.17, 15) is 14.4 Å². The van der Waals surface area contributed by atoms with Crippen molar-refractivity contribution in [2.45, 2.75) is 46.1 Å². The molecule has 0 saturated carbocycles. The molecular weight excluding hydrogens is 378 g/mol. The second-order valence-corrected chi connectivity index (χ2v) is 9.15. The Hall–Kier alpha value is -1.93. The summed E-state index contributed by atoms with van der Waals surface area (Å²) in [5, 5.41) is 6.36. The Morgan fingerprint density at radius 1 is 1.39 bits per heavy atom. The van der Waals surface area contributed by atoms with Crippen LogP contribution in [-0.4, -0.2) is 55.5 Å². The molecule has 0 aromatic carbocycles. The van der Waals surface area contributed by atoms with E-state index in [2.05, 4.69) is 17.6 Å². The molecule has 3 rings (SSSR count). The third-order valence-corrected chi connectivity index (χ3v) is 6.66. The predicted octanol–water partition coefficient (Wildman–Crippen LogP) is 2.05. The lowest BCUT2D eigenvalue weighted by Crippen LogP contribution is -2.58. The van der Waals surface area contributed by atoms with E-state index >= 15 is 0 Å². The minimum absolute atomic E-state index is 0.0372. The fraction of sp³-hybridized carbons (Fsp3) is 0.650. The van der Waals surface area contributed by atoms with E-state index in [1.165, 1.54) is 18.4 Å². The van der Waals surface area contributed by atoms with Gasteiger partial charge in [0.1, 0.15) is 5.00 Å². The molecule has 154 valence electrons. The molecule has 2 heterocycles. The van der Waals surface area contributed by atoms with E-state index in [4.69, 9.17) is 4.74 Å². The molecule has 1 saturated heterocycles. The number of nitrogens with one attached hydrogen (secondary N) is 2. The van der Waals surface area contributed by atoms with Crippen LogP contribution in [0, 0.1) is 11.8 Å². The third kappa shape index (κ3) is 4.22. The number of carbonyl (C=O) groups excluding carboxylic acids is 3. The molecule has 28 heavy (non-hydrogen) atoms. The highest BCUT2D eigenvalue weighted by Gasteiger charge is 2.34. The number of methoxy groups -OCH3 is 1. The van der Waals surface area contributed by atoms with E-state index in [0.29, 0.717) is 29.6 Å². The molecule has 8 heteroatoms. The number of hydrogen-bond acceptors (Lipinski definition) is 6. The Balaban J connectivity index is 1.78. The number of hydrogen-bond donors (Lipinski definition) is 2. The van der Waals surface area contributed by atoms with Crippen LogP contribution < -0.4 is 10.6 Å². The smallest absolute Gasteiger partial charge is 0.341 e. The van der Waals surface area contributed by atoms with Crippen molar-refractivity contribution < 1.29 is 19.1 Å². The summed E-state index contributed by atoms with van der Waals surface area (Å²) in [5.74, 6) is 0.0231. The maximum Gasteiger partial charge on any atom is 0.341 e. The zero-order valence-electron chi connectivity index (χ0n) is 17.0. The van der Waals surface area contributed by atoms with Gasteiger partial charge >= 0.3 is 5.97 Å². The highest BCUT2D eigenvalue weighted by Crippen LogP contribution is 2.40. The molecule has 2 aliphatic rings. The first kappa shape index (κ1) is 20.8. The first-order valence-corrected chi connectivity index (χ1v) is 10.7. The van der Waals surface area contributed by atoms with Gasteiger partial charge in [-0.3, -0.25) is 14.5 Å². The Labute approximate surface area is 169 Å². The van der Waals surface area contributed by atoms with Crippen LogP contribution in [0.15, 0.2) is 0 Å². The maximum atomic E-state index is 12.8. The number of amides is 2. The number of rotatable bonds is 5.